The molecule has 2 unspecified atom stereocenters. The Kier molecular flexibility index (Phi) is 11.0. The number of ether oxygens (including phenoxy) is 5. The first-order chi connectivity index (χ1) is 17.7. The van der Waals surface area contributed by atoms with E-state index in [9.17, 15) is 25.2 Å². The monoisotopic (exact) mass is 546 g/mol. The number of aliphatic hydroxyl groups is 4. The summed E-state index contributed by atoms with van der Waals surface area (Å²) in [6.07, 6.45) is -5.12. The average molecular weight is 547 g/mol. The molecule has 3 heterocycles. The van der Waals surface area contributed by atoms with Crippen LogP contribution in [0.15, 0.2) is 17.3 Å². The molecule has 3 rings (SSSR count). The number of aliphatic hydroxyl groups excluding tert-OH is 4. The summed E-state index contributed by atoms with van der Waals surface area (Å²) >= 11 is 1.37. The fourth-order valence-corrected chi connectivity index (χ4v) is 4.69. The van der Waals surface area contributed by atoms with Gasteiger partial charge in [0.1, 0.15) is 58.8 Å². The van der Waals surface area contributed by atoms with Crippen LogP contribution in [0.4, 0.5) is 0 Å². The lowest BCUT2D eigenvalue weighted by Gasteiger charge is -2.39. The number of pyridine rings is 1. The molecule has 1 aromatic rings. The molecule has 2 aliphatic heterocycles. The van der Waals surface area contributed by atoms with E-state index in [1.165, 1.54) is 30.9 Å². The number of aromatic hydroxyl groups is 1. The number of rotatable bonds is 14. The van der Waals surface area contributed by atoms with Gasteiger partial charge in [-0.05, 0) is 13.8 Å². The smallest absolute Gasteiger partial charge is 0.186 e. The third-order valence-corrected chi connectivity index (χ3v) is 7.13. The second-order valence-electron chi connectivity index (χ2n) is 8.72. The average Bonchev–Trinajstić information content (AvgIpc) is 3.28. The number of Topliss-reactive ketones (excluding diaryl/α,β-unsaturated/α-hetero) is 1. The Morgan fingerprint density at radius 3 is 2.41 bits per heavy atom. The second-order valence-corrected chi connectivity index (χ2v) is 9.68. The van der Waals surface area contributed by atoms with E-state index >= 15 is 0 Å². The minimum Gasteiger partial charge on any atom is -0.505 e. The number of hydrogen-bond donors (Lipinski definition) is 5. The van der Waals surface area contributed by atoms with E-state index in [0.717, 1.165) is 0 Å². The van der Waals surface area contributed by atoms with Crippen LogP contribution in [0.5, 0.6) is 11.5 Å². The van der Waals surface area contributed by atoms with E-state index in [1.54, 1.807) is 6.92 Å². The van der Waals surface area contributed by atoms with Gasteiger partial charge in [-0.15, -0.1) is 11.8 Å². The van der Waals surface area contributed by atoms with E-state index in [0.29, 0.717) is 22.2 Å². The maximum absolute atomic E-state index is 11.8. The van der Waals surface area contributed by atoms with E-state index in [2.05, 4.69) is 9.98 Å². The Labute approximate surface area is 218 Å². The molecule has 5 N–H and O–H groups in total. The Balaban J connectivity index is 1.26. The zero-order valence-electron chi connectivity index (χ0n) is 20.7. The Hall–Kier alpha value is -1.88. The van der Waals surface area contributed by atoms with Crippen molar-refractivity contribution in [3.05, 3.63) is 18.0 Å². The SMILES string of the molecule is CC(=O)[C@@]1(C)CSC(c2ncc(OCCOCCOCCO[C@@H]3OC(CO)[C@H](O)[C@H](O)C3O)cc2O)=N1. The molecule has 14 heteroatoms. The van der Waals surface area contributed by atoms with Crippen LogP contribution in [-0.4, -0.2) is 130 Å². The first kappa shape index (κ1) is 29.7. The highest BCUT2D eigenvalue weighted by Gasteiger charge is 2.44. The third-order valence-electron chi connectivity index (χ3n) is 5.87. The van der Waals surface area contributed by atoms with Crippen LogP contribution in [0, 0.1) is 0 Å². The molecule has 0 bridgehead atoms. The molecule has 1 aromatic heterocycles. The fraction of sp³-hybridized carbons (Fsp3) is 0.696. The number of thioether (sulfide) groups is 1. The topological polar surface area (TPSA) is 190 Å². The van der Waals surface area contributed by atoms with Crippen LogP contribution in [0.25, 0.3) is 0 Å². The van der Waals surface area contributed by atoms with Crippen molar-refractivity contribution >= 4 is 22.6 Å². The number of hydrogen-bond acceptors (Lipinski definition) is 14. The minimum atomic E-state index is -1.49. The van der Waals surface area contributed by atoms with Gasteiger partial charge >= 0.3 is 0 Å². The van der Waals surface area contributed by atoms with E-state index in [-0.39, 0.29) is 51.2 Å². The molecule has 0 aromatic carbocycles. The third kappa shape index (κ3) is 7.81. The highest BCUT2D eigenvalue weighted by atomic mass is 32.2. The lowest BCUT2D eigenvalue weighted by Crippen LogP contribution is -2.59. The second kappa shape index (κ2) is 13.8. The van der Waals surface area contributed by atoms with Gasteiger partial charge in [0, 0.05) is 11.8 Å². The number of ketones is 1. The van der Waals surface area contributed by atoms with Crippen molar-refractivity contribution in [2.24, 2.45) is 4.99 Å². The largest absolute Gasteiger partial charge is 0.505 e. The zero-order chi connectivity index (χ0) is 27.0. The molecule has 37 heavy (non-hydrogen) atoms. The van der Waals surface area contributed by atoms with Crippen molar-refractivity contribution in [1.29, 1.82) is 0 Å². The van der Waals surface area contributed by atoms with E-state index in [1.807, 2.05) is 0 Å². The van der Waals surface area contributed by atoms with Crippen molar-refractivity contribution < 1.29 is 54.0 Å². The van der Waals surface area contributed by atoms with Gasteiger partial charge in [0.15, 0.2) is 12.1 Å². The van der Waals surface area contributed by atoms with Gasteiger partial charge in [0.2, 0.25) is 0 Å². The molecule has 2 aliphatic rings. The lowest BCUT2D eigenvalue weighted by atomic mass is 9.99. The summed E-state index contributed by atoms with van der Waals surface area (Å²) in [4.78, 5) is 20.4. The highest BCUT2D eigenvalue weighted by molar-refractivity contribution is 8.14. The molecule has 208 valence electrons. The molecule has 13 nitrogen and oxygen atoms in total. The van der Waals surface area contributed by atoms with Gasteiger partial charge in [-0.25, -0.2) is 4.98 Å². The van der Waals surface area contributed by atoms with Crippen molar-refractivity contribution in [3.8, 4) is 11.5 Å². The molecule has 0 saturated carbocycles. The van der Waals surface area contributed by atoms with Crippen LogP contribution in [0.2, 0.25) is 0 Å². The number of nitrogens with zero attached hydrogens (tertiary/aromatic N) is 2. The Morgan fingerprint density at radius 2 is 1.78 bits per heavy atom. The summed E-state index contributed by atoms with van der Waals surface area (Å²) in [6.45, 7) is 4.00. The predicted octanol–water partition coefficient (Wildman–Crippen LogP) is -1.14. The lowest BCUT2D eigenvalue weighted by molar-refractivity contribution is -0.302. The normalized spacial score (nSPS) is 29.8. The van der Waals surface area contributed by atoms with E-state index < -0.39 is 42.9 Å². The van der Waals surface area contributed by atoms with Crippen LogP contribution in [0.3, 0.4) is 0 Å². The molecular formula is C23H34N2O11S. The fourth-order valence-electron chi connectivity index (χ4n) is 3.45. The van der Waals surface area contributed by atoms with Crippen molar-refractivity contribution in [3.63, 3.8) is 0 Å². The molecule has 1 saturated heterocycles. The van der Waals surface area contributed by atoms with Crippen molar-refractivity contribution in [1.82, 2.24) is 4.98 Å². The summed E-state index contributed by atoms with van der Waals surface area (Å²) in [5.41, 5.74) is -0.493. The molecule has 1 fully saturated rings. The van der Waals surface area contributed by atoms with Crippen molar-refractivity contribution in [2.45, 2.75) is 50.1 Å². The van der Waals surface area contributed by atoms with Crippen LogP contribution in [0.1, 0.15) is 19.5 Å². The van der Waals surface area contributed by atoms with Crippen LogP contribution in [-0.2, 0) is 23.7 Å². The van der Waals surface area contributed by atoms with Crippen molar-refractivity contribution in [2.75, 3.05) is 52.0 Å². The summed E-state index contributed by atoms with van der Waals surface area (Å²) in [5, 5.41) is 49.4. The molecule has 0 amide bonds. The van der Waals surface area contributed by atoms with Gasteiger partial charge in [-0.1, -0.05) is 0 Å². The molecule has 0 spiro atoms. The predicted molar refractivity (Wildman–Crippen MR) is 131 cm³/mol. The number of carbonyl (C=O) groups is 1. The van der Waals surface area contributed by atoms with Gasteiger partial charge < -0.3 is 49.2 Å². The van der Waals surface area contributed by atoms with Gasteiger partial charge in [-0.3, -0.25) is 9.79 Å². The zero-order valence-corrected chi connectivity index (χ0v) is 21.5. The maximum Gasteiger partial charge on any atom is 0.186 e. The standard InChI is InChI=1S/C23H34N2O11S/c1-13(27)23(2)12-37-21(25-23)17-15(28)9-14(10-24-17)34-7-5-32-3-4-33-6-8-35-22-20(31)19(30)18(29)16(11-26)36-22/h9-10,16,18-20,22,26,28-31H,3-8,11-12H2,1-2H3/t16?,18-,19-,20?,22+,23+/m0/s1. The first-order valence-corrected chi connectivity index (χ1v) is 12.8. The summed E-state index contributed by atoms with van der Waals surface area (Å²) in [6, 6.07) is 1.44. The molecular weight excluding hydrogens is 512 g/mol. The summed E-state index contributed by atoms with van der Waals surface area (Å²) in [7, 11) is 0. The highest BCUT2D eigenvalue weighted by Crippen LogP contribution is 2.34. The summed E-state index contributed by atoms with van der Waals surface area (Å²) < 4.78 is 26.9. The molecule has 6 atom stereocenters. The Bertz CT molecular complexity index is 934. The molecule has 0 aliphatic carbocycles. The number of aromatic nitrogens is 1. The van der Waals surface area contributed by atoms with Crippen LogP contribution < -0.4 is 4.74 Å². The minimum absolute atomic E-state index is 0.0405. The van der Waals surface area contributed by atoms with E-state index in [4.69, 9.17) is 28.8 Å². The maximum atomic E-state index is 11.8. The number of carbonyl (C=O) groups excluding carboxylic acids is 1. The Morgan fingerprint density at radius 1 is 1.11 bits per heavy atom. The summed E-state index contributed by atoms with van der Waals surface area (Å²) in [5.74, 6) is 0.742. The molecule has 0 radical (unpaired) electrons. The van der Waals surface area contributed by atoms with Gasteiger partial charge in [0.05, 0.1) is 45.8 Å². The number of aliphatic imine (C=N–C) groups is 1. The first-order valence-electron chi connectivity index (χ1n) is 11.8. The quantitative estimate of drug-likeness (QED) is 0.176. The van der Waals surface area contributed by atoms with Gasteiger partial charge in [0.25, 0.3) is 0 Å². The van der Waals surface area contributed by atoms with Gasteiger partial charge in [-0.2, -0.15) is 0 Å². The van der Waals surface area contributed by atoms with Crippen LogP contribution >= 0.6 is 11.8 Å².